The molecule has 0 heterocycles. The lowest BCUT2D eigenvalue weighted by molar-refractivity contribution is -0.113. The molecule has 3 rings (SSSR count). The van der Waals surface area contributed by atoms with Crippen LogP contribution in [0.3, 0.4) is 0 Å². The molecule has 0 saturated carbocycles. The number of ketones is 2. The Balaban J connectivity index is 2.23. The van der Waals surface area contributed by atoms with Gasteiger partial charge in [0.1, 0.15) is 0 Å². The van der Waals surface area contributed by atoms with E-state index in [4.69, 9.17) is 0 Å². The van der Waals surface area contributed by atoms with Gasteiger partial charge in [0.05, 0.1) is 8.07 Å². The number of benzene rings is 2. The van der Waals surface area contributed by atoms with Gasteiger partial charge >= 0.3 is 0 Å². The van der Waals surface area contributed by atoms with Crippen LogP contribution in [0.2, 0.25) is 19.6 Å². The molecule has 0 saturated heterocycles. The van der Waals surface area contributed by atoms with Gasteiger partial charge in [-0.2, -0.15) is 0 Å². The van der Waals surface area contributed by atoms with E-state index in [0.29, 0.717) is 11.1 Å². The van der Waals surface area contributed by atoms with Crippen molar-refractivity contribution < 1.29 is 9.59 Å². The smallest absolute Gasteiger partial charge is 0.194 e. The first-order valence-electron chi connectivity index (χ1n) is 8.06. The molecule has 0 aliphatic heterocycles. The number of hydrogen-bond acceptors (Lipinski definition) is 2. The third-order valence-corrected chi connectivity index (χ3v) is 6.14. The van der Waals surface area contributed by atoms with Gasteiger partial charge in [-0.05, 0) is 22.4 Å². The minimum absolute atomic E-state index is 0.0218. The van der Waals surface area contributed by atoms with Crippen LogP contribution in [0.15, 0.2) is 71.9 Å². The summed E-state index contributed by atoms with van der Waals surface area (Å²) in [7, 11) is -1.97. The van der Waals surface area contributed by atoms with Gasteiger partial charge in [0, 0.05) is 11.1 Å². The fourth-order valence-electron chi connectivity index (χ4n) is 3.10. The number of rotatable bonds is 3. The lowest BCUT2D eigenvalue weighted by Gasteiger charge is -2.27. The topological polar surface area (TPSA) is 34.1 Å². The van der Waals surface area contributed by atoms with Crippen molar-refractivity contribution in [2.75, 3.05) is 0 Å². The molecular weight excluding hydrogens is 312 g/mol. The lowest BCUT2D eigenvalue weighted by Crippen LogP contribution is -2.34. The molecule has 0 fully saturated rings. The van der Waals surface area contributed by atoms with Crippen molar-refractivity contribution in [1.29, 1.82) is 0 Å². The van der Waals surface area contributed by atoms with Crippen LogP contribution in [0, 0.1) is 0 Å². The van der Waals surface area contributed by atoms with Crippen LogP contribution in [-0.4, -0.2) is 19.6 Å². The van der Waals surface area contributed by atoms with E-state index in [1.807, 2.05) is 60.7 Å². The fraction of sp³-hybridized carbons (Fsp3) is 0.143. The van der Waals surface area contributed by atoms with Gasteiger partial charge in [0.15, 0.2) is 11.6 Å². The molecule has 0 aromatic heterocycles. The summed E-state index contributed by atoms with van der Waals surface area (Å²) in [5, 5.41) is 0.721. The van der Waals surface area contributed by atoms with Crippen molar-refractivity contribution in [3.05, 3.63) is 83.1 Å². The minimum atomic E-state index is -1.97. The van der Waals surface area contributed by atoms with E-state index in [2.05, 4.69) is 19.6 Å². The van der Waals surface area contributed by atoms with E-state index >= 15 is 0 Å². The van der Waals surface area contributed by atoms with Crippen LogP contribution in [-0.2, 0) is 9.59 Å². The largest absolute Gasteiger partial charge is 0.290 e. The maximum Gasteiger partial charge on any atom is 0.194 e. The standard InChI is InChI=1S/C21H20O2Si/c1-24(2,3)21-18(22)14-17(15-10-6-4-7-11-15)20(23)19(21)16-12-8-5-9-13-16/h4-14H,1-3H3. The first kappa shape index (κ1) is 16.3. The van der Waals surface area contributed by atoms with E-state index in [0.717, 1.165) is 16.3 Å². The molecule has 24 heavy (non-hydrogen) atoms. The Morgan fingerprint density at radius 3 is 1.71 bits per heavy atom. The van der Waals surface area contributed by atoms with Crippen molar-refractivity contribution in [2.45, 2.75) is 19.6 Å². The van der Waals surface area contributed by atoms with Gasteiger partial charge in [0.2, 0.25) is 0 Å². The van der Waals surface area contributed by atoms with E-state index in [1.165, 1.54) is 6.08 Å². The first-order chi connectivity index (χ1) is 11.4. The molecule has 2 aromatic carbocycles. The summed E-state index contributed by atoms with van der Waals surface area (Å²) in [4.78, 5) is 26.2. The molecule has 0 atom stereocenters. The molecule has 1 aliphatic carbocycles. The molecule has 120 valence electrons. The van der Waals surface area contributed by atoms with Crippen LogP contribution < -0.4 is 0 Å². The van der Waals surface area contributed by atoms with Gasteiger partial charge in [0.25, 0.3) is 0 Å². The Morgan fingerprint density at radius 2 is 1.21 bits per heavy atom. The van der Waals surface area contributed by atoms with Crippen LogP contribution in [0.1, 0.15) is 11.1 Å². The summed E-state index contributed by atoms with van der Waals surface area (Å²) < 4.78 is 0. The van der Waals surface area contributed by atoms with Crippen LogP contribution in [0.25, 0.3) is 11.1 Å². The van der Waals surface area contributed by atoms with Gasteiger partial charge in [-0.15, -0.1) is 0 Å². The van der Waals surface area contributed by atoms with Gasteiger partial charge < -0.3 is 0 Å². The molecule has 0 bridgehead atoms. The highest BCUT2D eigenvalue weighted by Gasteiger charge is 2.36. The normalized spacial score (nSPS) is 15.5. The van der Waals surface area contributed by atoms with Crippen molar-refractivity contribution in [2.24, 2.45) is 0 Å². The third-order valence-electron chi connectivity index (χ3n) is 4.14. The summed E-state index contributed by atoms with van der Waals surface area (Å²) >= 11 is 0. The Labute approximate surface area is 143 Å². The molecule has 0 unspecified atom stereocenters. The highest BCUT2D eigenvalue weighted by atomic mass is 28.3. The van der Waals surface area contributed by atoms with E-state index < -0.39 is 8.07 Å². The van der Waals surface area contributed by atoms with Crippen molar-refractivity contribution >= 4 is 30.8 Å². The summed E-state index contributed by atoms with van der Waals surface area (Å²) in [6.45, 7) is 6.33. The van der Waals surface area contributed by atoms with Crippen molar-refractivity contribution in [1.82, 2.24) is 0 Å². The Bertz CT molecular complexity index is 854. The summed E-state index contributed by atoms with van der Waals surface area (Å²) in [5.41, 5.74) is 2.69. The van der Waals surface area contributed by atoms with E-state index in [9.17, 15) is 9.59 Å². The number of Topliss-reactive ketones (excluding diaryl/α,β-unsaturated/α-hetero) is 1. The predicted molar refractivity (Wildman–Crippen MR) is 101 cm³/mol. The van der Waals surface area contributed by atoms with Gasteiger partial charge in [-0.25, -0.2) is 0 Å². The second kappa shape index (κ2) is 6.17. The third kappa shape index (κ3) is 2.95. The minimum Gasteiger partial charge on any atom is -0.290 e. The number of carbonyl (C=O) groups excluding carboxylic acids is 2. The van der Waals surface area contributed by atoms with Crippen molar-refractivity contribution in [3.8, 4) is 0 Å². The highest BCUT2D eigenvalue weighted by Crippen LogP contribution is 2.36. The second-order valence-corrected chi connectivity index (χ2v) is 12.0. The number of hydrogen-bond donors (Lipinski definition) is 0. The molecule has 0 radical (unpaired) electrons. The number of carbonyl (C=O) groups is 2. The molecule has 1 aliphatic rings. The average Bonchev–Trinajstić information content (AvgIpc) is 2.56. The molecule has 0 amide bonds. The highest BCUT2D eigenvalue weighted by molar-refractivity contribution is 6.90. The molecular formula is C21H20O2Si. The number of allylic oxidation sites excluding steroid dienone is 4. The second-order valence-electron chi connectivity index (χ2n) is 6.98. The monoisotopic (exact) mass is 332 g/mol. The Kier molecular flexibility index (Phi) is 4.20. The Hall–Kier alpha value is -2.52. The summed E-state index contributed by atoms with van der Waals surface area (Å²) in [6, 6.07) is 19.0. The molecule has 3 heteroatoms. The zero-order chi connectivity index (χ0) is 17.3. The zero-order valence-corrected chi connectivity index (χ0v) is 15.2. The predicted octanol–water partition coefficient (Wildman–Crippen LogP) is 4.55. The Morgan fingerprint density at radius 1 is 0.708 bits per heavy atom. The van der Waals surface area contributed by atoms with Crippen molar-refractivity contribution in [3.63, 3.8) is 0 Å². The van der Waals surface area contributed by atoms with Gasteiger partial charge in [-0.3, -0.25) is 9.59 Å². The molecule has 0 spiro atoms. The first-order valence-corrected chi connectivity index (χ1v) is 11.6. The van der Waals surface area contributed by atoms with Crippen LogP contribution >= 0.6 is 0 Å². The summed E-state index contributed by atoms with van der Waals surface area (Å²) in [5.74, 6) is -0.0732. The summed E-state index contributed by atoms with van der Waals surface area (Å²) in [6.07, 6.45) is 1.53. The average molecular weight is 332 g/mol. The molecule has 2 nitrogen and oxygen atoms in total. The lowest BCUT2D eigenvalue weighted by atomic mass is 9.87. The van der Waals surface area contributed by atoms with E-state index in [-0.39, 0.29) is 11.6 Å². The van der Waals surface area contributed by atoms with E-state index in [1.54, 1.807) is 0 Å². The fourth-order valence-corrected chi connectivity index (χ4v) is 4.92. The molecule has 2 aromatic rings. The zero-order valence-electron chi connectivity index (χ0n) is 14.2. The SMILES string of the molecule is C[Si](C)(C)C1=C(c2ccccc2)C(=O)C(c2ccccc2)=CC1=O. The molecule has 0 N–H and O–H groups in total. The maximum atomic E-state index is 13.3. The maximum absolute atomic E-state index is 13.3. The quantitative estimate of drug-likeness (QED) is 0.610. The van der Waals surface area contributed by atoms with Gasteiger partial charge in [-0.1, -0.05) is 80.3 Å². The van der Waals surface area contributed by atoms with Crippen LogP contribution in [0.4, 0.5) is 0 Å². The van der Waals surface area contributed by atoms with Crippen LogP contribution in [0.5, 0.6) is 0 Å².